The van der Waals surface area contributed by atoms with Gasteiger partial charge in [-0.05, 0) is 51.5 Å². The number of piperidine rings is 1. The summed E-state index contributed by atoms with van der Waals surface area (Å²) in [4.78, 5) is 41.9. The molecule has 2 saturated heterocycles. The van der Waals surface area contributed by atoms with Crippen molar-refractivity contribution in [3.63, 3.8) is 0 Å². The van der Waals surface area contributed by atoms with Crippen LogP contribution in [0.3, 0.4) is 0 Å². The van der Waals surface area contributed by atoms with Crippen LogP contribution in [-0.4, -0.2) is 49.3 Å². The van der Waals surface area contributed by atoms with Gasteiger partial charge in [-0.3, -0.25) is 19.3 Å². The molecule has 2 heterocycles. The Morgan fingerprint density at radius 2 is 1.83 bits per heavy atom. The maximum Gasteiger partial charge on any atom is 0.266 e. The Labute approximate surface area is 195 Å². The number of ketones is 1. The van der Waals surface area contributed by atoms with E-state index in [2.05, 4.69) is 15.9 Å². The second kappa shape index (κ2) is 8.55. The summed E-state index contributed by atoms with van der Waals surface area (Å²) in [5, 5.41) is 0. The molecule has 2 aliphatic rings. The Bertz CT molecular complexity index is 935. The van der Waals surface area contributed by atoms with Crippen LogP contribution >= 0.6 is 39.9 Å². The van der Waals surface area contributed by atoms with Crippen LogP contribution in [0.15, 0.2) is 33.6 Å². The van der Waals surface area contributed by atoms with Crippen LogP contribution in [0.5, 0.6) is 0 Å². The third-order valence-electron chi connectivity index (χ3n) is 5.29. The lowest BCUT2D eigenvalue weighted by Gasteiger charge is -2.52. The molecule has 30 heavy (non-hydrogen) atoms. The maximum absolute atomic E-state index is 13.1. The third-order valence-corrected chi connectivity index (χ3v) is 7.16. The normalized spacial score (nSPS) is 22.2. The zero-order valence-corrected chi connectivity index (χ0v) is 20.7. The van der Waals surface area contributed by atoms with Crippen LogP contribution in [-0.2, 0) is 14.4 Å². The first-order valence-corrected chi connectivity index (χ1v) is 11.8. The minimum absolute atomic E-state index is 0.0671. The molecule has 0 spiro atoms. The molecule has 2 amide bonds. The van der Waals surface area contributed by atoms with Crippen molar-refractivity contribution in [1.29, 1.82) is 0 Å². The van der Waals surface area contributed by atoms with Crippen molar-refractivity contribution in [2.75, 3.05) is 6.54 Å². The van der Waals surface area contributed by atoms with Gasteiger partial charge in [0.25, 0.3) is 5.91 Å². The summed E-state index contributed by atoms with van der Waals surface area (Å²) in [7, 11) is 0. The molecule has 1 aromatic rings. The van der Waals surface area contributed by atoms with Gasteiger partial charge in [-0.1, -0.05) is 52.0 Å². The average molecular weight is 509 g/mol. The standard InChI is InChI=1S/C22H25BrN2O3S2/c1-21(2)12-16(26)13-22(3,4)25(21)18(27)8-9-24-19(28)17(30-20(24)29)11-14-6-5-7-15(23)10-14/h5-7,10-11H,8-9,12-13H2,1-4H3/b17-11+. The summed E-state index contributed by atoms with van der Waals surface area (Å²) in [5.74, 6) is -0.0729. The fourth-order valence-electron chi connectivity index (χ4n) is 4.44. The van der Waals surface area contributed by atoms with E-state index in [0.717, 1.165) is 10.0 Å². The summed E-state index contributed by atoms with van der Waals surface area (Å²) >= 11 is 10.1. The van der Waals surface area contributed by atoms with Crippen LogP contribution in [0, 0.1) is 0 Å². The monoisotopic (exact) mass is 508 g/mol. The Balaban J connectivity index is 1.71. The molecule has 3 rings (SSSR count). The number of carbonyl (C=O) groups is 3. The molecule has 0 bridgehead atoms. The van der Waals surface area contributed by atoms with Crippen molar-refractivity contribution in [2.24, 2.45) is 0 Å². The van der Waals surface area contributed by atoms with Gasteiger partial charge in [-0.25, -0.2) is 0 Å². The summed E-state index contributed by atoms with van der Waals surface area (Å²) in [6.45, 7) is 7.91. The summed E-state index contributed by atoms with van der Waals surface area (Å²) in [5.41, 5.74) is -0.194. The van der Waals surface area contributed by atoms with Gasteiger partial charge in [0.1, 0.15) is 10.1 Å². The zero-order valence-electron chi connectivity index (χ0n) is 17.5. The molecule has 160 valence electrons. The number of benzene rings is 1. The Morgan fingerprint density at radius 3 is 2.43 bits per heavy atom. The van der Waals surface area contributed by atoms with E-state index in [1.807, 2.05) is 62.9 Å². The van der Waals surface area contributed by atoms with Gasteiger partial charge < -0.3 is 4.90 Å². The molecule has 5 nitrogen and oxygen atoms in total. The number of amides is 2. The zero-order chi connectivity index (χ0) is 22.3. The second-order valence-corrected chi connectivity index (χ2v) is 11.5. The lowest BCUT2D eigenvalue weighted by molar-refractivity contribution is -0.153. The highest BCUT2D eigenvalue weighted by Crippen LogP contribution is 2.38. The number of thioether (sulfide) groups is 1. The van der Waals surface area contributed by atoms with Crippen molar-refractivity contribution < 1.29 is 14.4 Å². The van der Waals surface area contributed by atoms with E-state index in [4.69, 9.17) is 12.2 Å². The molecule has 0 atom stereocenters. The van der Waals surface area contributed by atoms with Crippen LogP contribution in [0.25, 0.3) is 6.08 Å². The fourth-order valence-corrected chi connectivity index (χ4v) is 6.17. The van der Waals surface area contributed by atoms with E-state index < -0.39 is 11.1 Å². The highest BCUT2D eigenvalue weighted by Gasteiger charge is 2.47. The van der Waals surface area contributed by atoms with Crippen molar-refractivity contribution in [3.8, 4) is 0 Å². The predicted molar refractivity (Wildman–Crippen MR) is 128 cm³/mol. The van der Waals surface area contributed by atoms with Gasteiger partial charge in [0.05, 0.1) is 4.91 Å². The van der Waals surface area contributed by atoms with Crippen LogP contribution in [0.1, 0.15) is 52.5 Å². The van der Waals surface area contributed by atoms with Crippen molar-refractivity contribution in [2.45, 2.75) is 58.0 Å². The SMILES string of the molecule is CC1(C)CC(=O)CC(C)(C)N1C(=O)CCN1C(=O)/C(=C\c2cccc(Br)c2)SC1=S. The van der Waals surface area contributed by atoms with Crippen LogP contribution < -0.4 is 0 Å². The number of likely N-dealkylation sites (tertiary alicyclic amines) is 1. The number of carbonyl (C=O) groups excluding carboxylic acids is 3. The minimum atomic E-state index is -0.550. The molecule has 2 fully saturated rings. The van der Waals surface area contributed by atoms with E-state index >= 15 is 0 Å². The van der Waals surface area contributed by atoms with Crippen molar-refractivity contribution >= 4 is 67.9 Å². The number of halogens is 1. The number of Topliss-reactive ketones (excluding diaryl/α,β-unsaturated/α-hetero) is 1. The summed E-state index contributed by atoms with van der Waals surface area (Å²) in [6, 6.07) is 7.67. The molecular weight excluding hydrogens is 484 g/mol. The van der Waals surface area contributed by atoms with Gasteiger partial charge >= 0.3 is 0 Å². The number of thiocarbonyl (C=S) groups is 1. The third kappa shape index (κ3) is 4.86. The topological polar surface area (TPSA) is 57.7 Å². The van der Waals surface area contributed by atoms with Crippen LogP contribution in [0.4, 0.5) is 0 Å². The lowest BCUT2D eigenvalue weighted by Crippen LogP contribution is -2.63. The number of hydrogen-bond donors (Lipinski definition) is 0. The van der Waals surface area contributed by atoms with Gasteiger partial charge in [0.2, 0.25) is 5.91 Å². The molecule has 1 aromatic carbocycles. The number of nitrogens with zero attached hydrogens (tertiary/aromatic N) is 2. The Morgan fingerprint density at radius 1 is 1.20 bits per heavy atom. The van der Waals surface area contributed by atoms with E-state index in [1.54, 1.807) is 0 Å². The molecule has 0 aliphatic carbocycles. The van der Waals surface area contributed by atoms with Gasteiger partial charge in [0.15, 0.2) is 0 Å². The lowest BCUT2D eigenvalue weighted by atomic mass is 9.78. The Hall–Kier alpha value is -1.51. The summed E-state index contributed by atoms with van der Waals surface area (Å²) < 4.78 is 1.39. The highest BCUT2D eigenvalue weighted by molar-refractivity contribution is 9.10. The molecule has 2 aliphatic heterocycles. The number of rotatable bonds is 4. The number of hydrogen-bond acceptors (Lipinski definition) is 5. The molecule has 0 radical (unpaired) electrons. The molecule has 0 saturated carbocycles. The van der Waals surface area contributed by atoms with Crippen molar-refractivity contribution in [3.05, 3.63) is 39.2 Å². The van der Waals surface area contributed by atoms with Gasteiger partial charge in [0, 0.05) is 41.4 Å². The van der Waals surface area contributed by atoms with Crippen molar-refractivity contribution in [1.82, 2.24) is 9.80 Å². The van der Waals surface area contributed by atoms with E-state index in [-0.39, 0.29) is 30.6 Å². The molecule has 0 N–H and O–H groups in total. The first kappa shape index (κ1) is 23.2. The van der Waals surface area contributed by atoms with E-state index in [1.165, 1.54) is 16.7 Å². The first-order chi connectivity index (χ1) is 13.9. The predicted octanol–water partition coefficient (Wildman–Crippen LogP) is 4.79. The average Bonchev–Trinajstić information content (AvgIpc) is 2.83. The Kier molecular flexibility index (Phi) is 6.60. The maximum atomic E-state index is 13.1. The van der Waals surface area contributed by atoms with E-state index in [0.29, 0.717) is 22.1 Å². The van der Waals surface area contributed by atoms with Crippen LogP contribution in [0.2, 0.25) is 0 Å². The largest absolute Gasteiger partial charge is 0.332 e. The highest BCUT2D eigenvalue weighted by atomic mass is 79.9. The minimum Gasteiger partial charge on any atom is -0.332 e. The quantitative estimate of drug-likeness (QED) is 0.432. The van der Waals surface area contributed by atoms with Gasteiger partial charge in [-0.15, -0.1) is 0 Å². The second-order valence-electron chi connectivity index (χ2n) is 8.88. The molecule has 8 heteroatoms. The fraction of sp³-hybridized carbons (Fsp3) is 0.455. The molecule has 0 aromatic heterocycles. The van der Waals surface area contributed by atoms with Gasteiger partial charge in [-0.2, -0.15) is 0 Å². The summed E-state index contributed by atoms with van der Waals surface area (Å²) in [6.07, 6.45) is 2.67. The molecular formula is C22H25BrN2O3S2. The van der Waals surface area contributed by atoms with E-state index in [9.17, 15) is 14.4 Å². The smallest absolute Gasteiger partial charge is 0.266 e. The first-order valence-electron chi connectivity index (χ1n) is 9.76. The molecule has 0 unspecified atom stereocenters.